The summed E-state index contributed by atoms with van der Waals surface area (Å²) in [7, 11) is 0. The second-order valence-electron chi connectivity index (χ2n) is 3.57. The molecule has 1 rings (SSSR count). The molecule has 0 radical (unpaired) electrons. The van der Waals surface area contributed by atoms with Crippen LogP contribution in [0, 0.1) is 0 Å². The van der Waals surface area contributed by atoms with Crippen LogP contribution in [0.2, 0.25) is 0 Å². The number of hydrogen-bond donors (Lipinski definition) is 1. The molecule has 0 spiro atoms. The summed E-state index contributed by atoms with van der Waals surface area (Å²) in [5.74, 6) is 0.416. The molecular formula is C10H19NO. The van der Waals surface area contributed by atoms with E-state index in [4.69, 9.17) is 0 Å². The van der Waals surface area contributed by atoms with Gasteiger partial charge in [0, 0.05) is 6.42 Å². The van der Waals surface area contributed by atoms with Crippen LogP contribution in [0.4, 0.5) is 0 Å². The van der Waals surface area contributed by atoms with Crippen molar-refractivity contribution in [1.29, 1.82) is 0 Å². The maximum absolute atomic E-state index is 11.5. The smallest absolute Gasteiger partial charge is 0.149 e. The Kier molecular flexibility index (Phi) is 4.30. The Hall–Kier alpha value is -0.370. The Labute approximate surface area is 74.7 Å². The number of nitrogens with one attached hydrogen (secondary N) is 1. The molecule has 1 aliphatic rings. The minimum Gasteiger partial charge on any atom is -0.307 e. The van der Waals surface area contributed by atoms with Crippen LogP contribution >= 0.6 is 0 Å². The Morgan fingerprint density at radius 1 is 1.42 bits per heavy atom. The van der Waals surface area contributed by atoms with Crippen LogP contribution in [0.3, 0.4) is 0 Å². The van der Waals surface area contributed by atoms with E-state index in [2.05, 4.69) is 12.2 Å². The second-order valence-corrected chi connectivity index (χ2v) is 3.57. The molecule has 70 valence electrons. The maximum atomic E-state index is 11.5. The molecule has 0 amide bonds. The lowest BCUT2D eigenvalue weighted by Gasteiger charge is -2.13. The van der Waals surface area contributed by atoms with Crippen molar-refractivity contribution in [1.82, 2.24) is 5.32 Å². The first kappa shape index (κ1) is 9.72. The molecule has 1 heterocycles. The van der Waals surface area contributed by atoms with Crippen LogP contribution in [0.25, 0.3) is 0 Å². The first-order valence-corrected chi connectivity index (χ1v) is 5.10. The summed E-state index contributed by atoms with van der Waals surface area (Å²) in [6.45, 7) is 3.09. The van der Waals surface area contributed by atoms with E-state index in [1.54, 1.807) is 0 Å². The van der Waals surface area contributed by atoms with E-state index in [-0.39, 0.29) is 6.04 Å². The van der Waals surface area contributed by atoms with E-state index in [0.29, 0.717) is 5.78 Å². The molecule has 1 saturated heterocycles. The lowest BCUT2D eigenvalue weighted by molar-refractivity contribution is -0.121. The highest BCUT2D eigenvalue weighted by molar-refractivity contribution is 5.83. The van der Waals surface area contributed by atoms with Crippen molar-refractivity contribution in [3.8, 4) is 0 Å². The van der Waals surface area contributed by atoms with Crippen LogP contribution in [-0.4, -0.2) is 18.4 Å². The number of carbonyl (C=O) groups is 1. The summed E-state index contributed by atoms with van der Waals surface area (Å²) in [6, 6.07) is 0.174. The Balaban J connectivity index is 2.32. The number of rotatable bonds is 3. The first-order chi connectivity index (χ1) is 5.84. The summed E-state index contributed by atoms with van der Waals surface area (Å²) in [6.07, 6.45) is 6.51. The Bertz CT molecular complexity index is 137. The molecule has 12 heavy (non-hydrogen) atoms. The lowest BCUT2D eigenvalue weighted by Crippen LogP contribution is -2.35. The molecular weight excluding hydrogens is 150 g/mol. The molecule has 0 aromatic heterocycles. The fourth-order valence-electron chi connectivity index (χ4n) is 1.72. The summed E-state index contributed by atoms with van der Waals surface area (Å²) < 4.78 is 0. The quantitative estimate of drug-likeness (QED) is 0.699. The Morgan fingerprint density at radius 2 is 2.25 bits per heavy atom. The fraction of sp³-hybridized carbons (Fsp3) is 0.900. The van der Waals surface area contributed by atoms with Gasteiger partial charge < -0.3 is 5.32 Å². The molecule has 0 aliphatic carbocycles. The third-order valence-electron chi connectivity index (χ3n) is 2.45. The average Bonchev–Trinajstić information content (AvgIpc) is 2.32. The fourth-order valence-corrected chi connectivity index (χ4v) is 1.72. The van der Waals surface area contributed by atoms with Crippen molar-refractivity contribution in [3.63, 3.8) is 0 Å². The number of hydrogen-bond acceptors (Lipinski definition) is 2. The highest BCUT2D eigenvalue weighted by atomic mass is 16.1. The molecule has 2 nitrogen and oxygen atoms in total. The van der Waals surface area contributed by atoms with E-state index in [9.17, 15) is 4.79 Å². The van der Waals surface area contributed by atoms with Crippen molar-refractivity contribution < 1.29 is 4.79 Å². The molecule has 1 aliphatic heterocycles. The van der Waals surface area contributed by atoms with Gasteiger partial charge in [-0.15, -0.1) is 0 Å². The van der Waals surface area contributed by atoms with Crippen LogP contribution in [0.15, 0.2) is 0 Å². The van der Waals surface area contributed by atoms with Crippen LogP contribution in [0.5, 0.6) is 0 Å². The molecule has 2 heteroatoms. The van der Waals surface area contributed by atoms with Crippen molar-refractivity contribution >= 4 is 5.78 Å². The predicted octanol–water partition coefficient (Wildman–Crippen LogP) is 1.89. The zero-order valence-electron chi connectivity index (χ0n) is 7.94. The topological polar surface area (TPSA) is 29.1 Å². The maximum Gasteiger partial charge on any atom is 0.149 e. The molecule has 1 fully saturated rings. The zero-order valence-corrected chi connectivity index (χ0v) is 7.94. The minimum absolute atomic E-state index is 0.174. The van der Waals surface area contributed by atoms with Gasteiger partial charge in [0.05, 0.1) is 6.04 Å². The normalized spacial score (nSPS) is 24.9. The highest BCUT2D eigenvalue weighted by Crippen LogP contribution is 2.10. The number of ketones is 1. The monoisotopic (exact) mass is 169 g/mol. The van der Waals surface area contributed by atoms with Gasteiger partial charge in [0.25, 0.3) is 0 Å². The van der Waals surface area contributed by atoms with Gasteiger partial charge in [-0.2, -0.15) is 0 Å². The minimum atomic E-state index is 0.174. The van der Waals surface area contributed by atoms with Crippen molar-refractivity contribution in [2.24, 2.45) is 0 Å². The van der Waals surface area contributed by atoms with E-state index in [1.807, 2.05) is 0 Å². The van der Waals surface area contributed by atoms with Crippen LogP contribution < -0.4 is 5.32 Å². The third-order valence-corrected chi connectivity index (χ3v) is 2.45. The van der Waals surface area contributed by atoms with Gasteiger partial charge in [-0.05, 0) is 25.8 Å². The molecule has 1 unspecified atom stereocenters. The summed E-state index contributed by atoms with van der Waals surface area (Å²) in [5.41, 5.74) is 0. The second kappa shape index (κ2) is 5.31. The van der Waals surface area contributed by atoms with E-state index < -0.39 is 0 Å². The van der Waals surface area contributed by atoms with E-state index in [1.165, 1.54) is 19.3 Å². The molecule has 0 aromatic carbocycles. The molecule has 1 atom stereocenters. The summed E-state index contributed by atoms with van der Waals surface area (Å²) >= 11 is 0. The van der Waals surface area contributed by atoms with Crippen LogP contribution in [-0.2, 0) is 4.79 Å². The SMILES string of the molecule is CCCC(=O)C1CCCCCN1. The predicted molar refractivity (Wildman–Crippen MR) is 50.2 cm³/mol. The van der Waals surface area contributed by atoms with Gasteiger partial charge in [0.1, 0.15) is 5.78 Å². The van der Waals surface area contributed by atoms with Crippen molar-refractivity contribution in [3.05, 3.63) is 0 Å². The summed E-state index contributed by atoms with van der Waals surface area (Å²) in [5, 5.41) is 3.32. The van der Waals surface area contributed by atoms with Gasteiger partial charge >= 0.3 is 0 Å². The van der Waals surface area contributed by atoms with Gasteiger partial charge in [0.15, 0.2) is 0 Å². The zero-order chi connectivity index (χ0) is 8.81. The third kappa shape index (κ3) is 2.94. The van der Waals surface area contributed by atoms with Gasteiger partial charge in [-0.3, -0.25) is 4.79 Å². The summed E-state index contributed by atoms with van der Waals surface area (Å²) in [4.78, 5) is 11.5. The Morgan fingerprint density at radius 3 is 3.00 bits per heavy atom. The number of Topliss-reactive ketones (excluding diaryl/α,β-unsaturated/α-hetero) is 1. The van der Waals surface area contributed by atoms with Crippen molar-refractivity contribution in [2.45, 2.75) is 51.5 Å². The highest BCUT2D eigenvalue weighted by Gasteiger charge is 2.17. The average molecular weight is 169 g/mol. The standard InChI is InChI=1S/C10H19NO/c1-2-6-10(12)9-7-4-3-5-8-11-9/h9,11H,2-8H2,1H3. The lowest BCUT2D eigenvalue weighted by atomic mass is 10.0. The molecule has 1 N–H and O–H groups in total. The molecule has 0 saturated carbocycles. The van der Waals surface area contributed by atoms with Crippen molar-refractivity contribution in [2.75, 3.05) is 6.54 Å². The van der Waals surface area contributed by atoms with Gasteiger partial charge in [-0.1, -0.05) is 19.8 Å². The first-order valence-electron chi connectivity index (χ1n) is 5.10. The molecule has 0 bridgehead atoms. The van der Waals surface area contributed by atoms with Gasteiger partial charge in [-0.25, -0.2) is 0 Å². The van der Waals surface area contributed by atoms with Crippen LogP contribution in [0.1, 0.15) is 45.4 Å². The van der Waals surface area contributed by atoms with Gasteiger partial charge in [0.2, 0.25) is 0 Å². The van der Waals surface area contributed by atoms with E-state index >= 15 is 0 Å². The largest absolute Gasteiger partial charge is 0.307 e. The molecule has 0 aromatic rings. The van der Waals surface area contributed by atoms with E-state index in [0.717, 1.165) is 25.8 Å². The number of carbonyl (C=O) groups excluding carboxylic acids is 1.